The number of aromatic hydroxyl groups is 1. The Kier molecular flexibility index (Phi) is 2.90. The van der Waals surface area contributed by atoms with Crippen molar-refractivity contribution in [2.75, 3.05) is 0 Å². The molecule has 2 aromatic rings. The Labute approximate surface area is 124 Å². The molecule has 5 nitrogen and oxygen atoms in total. The number of aromatic nitrogens is 2. The van der Waals surface area contributed by atoms with Crippen LogP contribution in [0.1, 0.15) is 11.3 Å². The topological polar surface area (TPSA) is 66.3 Å². The van der Waals surface area contributed by atoms with Crippen molar-refractivity contribution in [2.24, 2.45) is 19.1 Å². The van der Waals surface area contributed by atoms with Gasteiger partial charge in [0.15, 0.2) is 0 Å². The van der Waals surface area contributed by atoms with Crippen molar-refractivity contribution in [1.29, 1.82) is 5.41 Å². The molecule has 1 aliphatic heterocycles. The number of benzene rings is 1. The first-order chi connectivity index (χ1) is 9.49. The van der Waals surface area contributed by atoms with Crippen molar-refractivity contribution >= 4 is 39.5 Å². The fourth-order valence-corrected chi connectivity index (χ4v) is 2.61. The molecular formula is C14H13BrN4O. The van der Waals surface area contributed by atoms with E-state index in [0.717, 1.165) is 21.3 Å². The van der Waals surface area contributed by atoms with Crippen LogP contribution in [0.3, 0.4) is 0 Å². The summed E-state index contributed by atoms with van der Waals surface area (Å²) in [5.41, 5.74) is 3.65. The minimum absolute atomic E-state index is 0.0712. The third kappa shape index (κ3) is 1.84. The highest BCUT2D eigenvalue weighted by atomic mass is 79.9. The molecule has 0 saturated carbocycles. The van der Waals surface area contributed by atoms with Crippen LogP contribution in [0.25, 0.3) is 11.6 Å². The van der Waals surface area contributed by atoms with Crippen LogP contribution in [-0.4, -0.2) is 20.5 Å². The smallest absolute Gasteiger partial charge is 0.218 e. The van der Waals surface area contributed by atoms with Gasteiger partial charge in [-0.3, -0.25) is 15.0 Å². The lowest BCUT2D eigenvalue weighted by molar-refractivity contribution is 0.427. The highest BCUT2D eigenvalue weighted by Gasteiger charge is 2.16. The summed E-state index contributed by atoms with van der Waals surface area (Å²) in [6.07, 6.45) is 3.61. The first-order valence-corrected chi connectivity index (χ1v) is 6.83. The van der Waals surface area contributed by atoms with Gasteiger partial charge in [-0.25, -0.2) is 0 Å². The van der Waals surface area contributed by atoms with E-state index in [1.165, 1.54) is 4.57 Å². The number of hydrogen-bond acceptors (Lipinski definition) is 3. The molecule has 20 heavy (non-hydrogen) atoms. The van der Waals surface area contributed by atoms with E-state index >= 15 is 0 Å². The summed E-state index contributed by atoms with van der Waals surface area (Å²) >= 11 is 3.45. The van der Waals surface area contributed by atoms with Crippen LogP contribution in [0.15, 0.2) is 27.7 Å². The second kappa shape index (κ2) is 4.49. The first kappa shape index (κ1) is 12.9. The fraction of sp³-hybridized carbons (Fsp3) is 0.143. The maximum atomic E-state index is 10.1. The zero-order chi connectivity index (χ0) is 14.4. The Balaban J connectivity index is 2.18. The van der Waals surface area contributed by atoms with E-state index < -0.39 is 0 Å². The van der Waals surface area contributed by atoms with Gasteiger partial charge in [-0.15, -0.1) is 0 Å². The second-order valence-corrected chi connectivity index (χ2v) is 5.59. The normalized spacial score (nSPS) is 15.1. The Morgan fingerprint density at radius 3 is 2.70 bits per heavy atom. The van der Waals surface area contributed by atoms with Gasteiger partial charge in [-0.2, -0.15) is 0 Å². The molecule has 1 aromatic carbocycles. The summed E-state index contributed by atoms with van der Waals surface area (Å²) in [5.74, 6) is 0.0712. The minimum atomic E-state index is 0.0712. The summed E-state index contributed by atoms with van der Waals surface area (Å²) in [5, 5.41) is 17.9. The van der Waals surface area contributed by atoms with Gasteiger partial charge < -0.3 is 9.67 Å². The summed E-state index contributed by atoms with van der Waals surface area (Å²) in [6, 6.07) is 5.88. The number of nitrogens with one attached hydrogen (secondary N) is 1. The Morgan fingerprint density at radius 1 is 1.30 bits per heavy atom. The molecule has 1 aromatic heterocycles. The first-order valence-electron chi connectivity index (χ1n) is 6.04. The van der Waals surface area contributed by atoms with Crippen LogP contribution < -0.4 is 5.62 Å². The van der Waals surface area contributed by atoms with Gasteiger partial charge in [-0.1, -0.05) is 15.9 Å². The molecule has 0 unspecified atom stereocenters. The predicted molar refractivity (Wildman–Crippen MR) is 82.1 cm³/mol. The van der Waals surface area contributed by atoms with E-state index in [-0.39, 0.29) is 11.5 Å². The number of allylic oxidation sites excluding steroid dienone is 1. The van der Waals surface area contributed by atoms with Crippen LogP contribution in [0.2, 0.25) is 0 Å². The summed E-state index contributed by atoms with van der Waals surface area (Å²) in [4.78, 5) is 4.35. The van der Waals surface area contributed by atoms with E-state index in [1.54, 1.807) is 24.9 Å². The number of hydrogen-bond donors (Lipinski definition) is 2. The average Bonchev–Trinajstić information content (AvgIpc) is 2.90. The second-order valence-electron chi connectivity index (χ2n) is 4.67. The number of rotatable bonds is 1. The lowest BCUT2D eigenvalue weighted by Gasteiger charge is -2.02. The van der Waals surface area contributed by atoms with Crippen molar-refractivity contribution in [2.45, 2.75) is 0 Å². The summed E-state index contributed by atoms with van der Waals surface area (Å²) in [7, 11) is 3.41. The molecule has 3 rings (SSSR count). The SMILES string of the molecule is Cn1c(O)c(C=C2C=Nc3ccc(Br)cc32)n(C)c1=N. The summed E-state index contributed by atoms with van der Waals surface area (Å²) < 4.78 is 4.04. The average molecular weight is 333 g/mol. The van der Waals surface area contributed by atoms with Gasteiger partial charge in [-0.05, 0) is 24.3 Å². The summed E-state index contributed by atoms with van der Waals surface area (Å²) in [6.45, 7) is 0. The molecule has 0 aliphatic carbocycles. The van der Waals surface area contributed by atoms with Crippen molar-refractivity contribution < 1.29 is 5.11 Å². The van der Waals surface area contributed by atoms with Crippen LogP contribution in [0, 0.1) is 5.41 Å². The Bertz CT molecular complexity index is 826. The molecule has 0 amide bonds. The largest absolute Gasteiger partial charge is 0.493 e. The van der Waals surface area contributed by atoms with Crippen LogP contribution in [0.4, 0.5) is 5.69 Å². The van der Waals surface area contributed by atoms with Crippen LogP contribution in [-0.2, 0) is 14.1 Å². The van der Waals surface area contributed by atoms with Gasteiger partial charge in [0, 0.05) is 35.9 Å². The molecule has 0 fully saturated rings. The highest BCUT2D eigenvalue weighted by Crippen LogP contribution is 2.35. The standard InChI is InChI=1S/C14H13BrN4O/c1-18-12(13(20)19(2)14(18)16)5-8-7-17-11-4-3-9(15)6-10(8)11/h3-7,16,20H,1-2H3. The third-order valence-electron chi connectivity index (χ3n) is 3.45. The zero-order valence-electron chi connectivity index (χ0n) is 11.1. The predicted octanol–water partition coefficient (Wildman–Crippen LogP) is 2.57. The number of aliphatic imine (C=N–C) groups is 1. The molecule has 0 radical (unpaired) electrons. The lowest BCUT2D eigenvalue weighted by Crippen LogP contribution is -2.20. The number of nitrogens with zero attached hydrogens (tertiary/aromatic N) is 3. The highest BCUT2D eigenvalue weighted by molar-refractivity contribution is 9.10. The quantitative estimate of drug-likeness (QED) is 0.828. The van der Waals surface area contributed by atoms with Gasteiger partial charge in [0.25, 0.3) is 0 Å². The van der Waals surface area contributed by atoms with Crippen LogP contribution in [0.5, 0.6) is 5.88 Å². The van der Waals surface area contributed by atoms with Gasteiger partial charge in [0.1, 0.15) is 5.69 Å². The van der Waals surface area contributed by atoms with Gasteiger partial charge >= 0.3 is 0 Å². The minimum Gasteiger partial charge on any atom is -0.493 e. The Morgan fingerprint density at radius 2 is 2.05 bits per heavy atom. The van der Waals surface area contributed by atoms with E-state index in [1.807, 2.05) is 24.3 Å². The molecule has 102 valence electrons. The Hall–Kier alpha value is -2.08. The van der Waals surface area contributed by atoms with Crippen molar-refractivity contribution in [3.63, 3.8) is 0 Å². The zero-order valence-corrected chi connectivity index (χ0v) is 12.6. The molecule has 0 saturated heterocycles. The van der Waals surface area contributed by atoms with E-state index in [4.69, 9.17) is 5.41 Å². The molecule has 2 heterocycles. The number of imidazole rings is 1. The third-order valence-corrected chi connectivity index (χ3v) is 3.94. The van der Waals surface area contributed by atoms with Crippen molar-refractivity contribution in [3.05, 3.63) is 39.5 Å². The fourth-order valence-electron chi connectivity index (χ4n) is 2.25. The monoisotopic (exact) mass is 332 g/mol. The molecule has 6 heteroatoms. The maximum absolute atomic E-state index is 10.1. The van der Waals surface area contributed by atoms with Crippen LogP contribution >= 0.6 is 15.9 Å². The van der Waals surface area contributed by atoms with Crippen molar-refractivity contribution in [3.8, 4) is 5.88 Å². The van der Waals surface area contributed by atoms with Gasteiger partial charge in [0.05, 0.1) is 5.69 Å². The molecule has 1 aliphatic rings. The number of halogens is 1. The molecule has 0 bridgehead atoms. The lowest BCUT2D eigenvalue weighted by atomic mass is 10.1. The molecule has 0 spiro atoms. The maximum Gasteiger partial charge on any atom is 0.218 e. The molecule has 0 atom stereocenters. The number of fused-ring (bicyclic) bond motifs is 1. The van der Waals surface area contributed by atoms with Crippen molar-refractivity contribution in [1.82, 2.24) is 9.13 Å². The van der Waals surface area contributed by atoms with E-state index in [9.17, 15) is 5.11 Å². The van der Waals surface area contributed by atoms with Gasteiger partial charge in [0.2, 0.25) is 11.5 Å². The van der Waals surface area contributed by atoms with E-state index in [0.29, 0.717) is 5.69 Å². The molecular weight excluding hydrogens is 320 g/mol. The van der Waals surface area contributed by atoms with E-state index in [2.05, 4.69) is 20.9 Å². The molecule has 2 N–H and O–H groups in total.